The van der Waals surface area contributed by atoms with Crippen LogP contribution >= 0.6 is 23.2 Å². The Morgan fingerprint density at radius 3 is 2.57 bits per heavy atom. The molecule has 1 aromatic heterocycles. The number of benzene rings is 2. The Morgan fingerprint density at radius 2 is 1.86 bits per heavy atom. The van der Waals surface area contributed by atoms with Gasteiger partial charge in [0, 0.05) is 11.1 Å². The molecule has 146 valence electrons. The molecular weight excluding hydrogens is 459 g/mol. The van der Waals surface area contributed by atoms with Crippen LogP contribution in [0.5, 0.6) is 0 Å². The Bertz CT molecular complexity index is 1060. The molecule has 0 saturated heterocycles. The van der Waals surface area contributed by atoms with E-state index in [1.54, 1.807) is 0 Å². The molecule has 0 aliphatic carbocycles. The quantitative estimate of drug-likeness (QED) is 0.416. The monoisotopic (exact) mass is 478 g/mol. The average molecular weight is 480 g/mol. The van der Waals surface area contributed by atoms with E-state index < -0.39 is 0 Å². The maximum absolute atomic E-state index is 12.9. The Balaban J connectivity index is 0.00000225. The number of ketones is 1. The summed E-state index contributed by atoms with van der Waals surface area (Å²) in [5.74, 6) is 1.32. The van der Waals surface area contributed by atoms with E-state index in [0.29, 0.717) is 16.6 Å². The van der Waals surface area contributed by atoms with Gasteiger partial charge in [-0.2, -0.15) is 0 Å². The number of carbonyl (C=O) groups is 1. The summed E-state index contributed by atoms with van der Waals surface area (Å²) in [7, 11) is 0. The van der Waals surface area contributed by atoms with Crippen LogP contribution in [0.25, 0.3) is 11.3 Å². The van der Waals surface area contributed by atoms with Gasteiger partial charge in [0.25, 0.3) is 5.82 Å². The molecule has 2 aromatic carbocycles. The maximum atomic E-state index is 12.9. The van der Waals surface area contributed by atoms with Crippen molar-refractivity contribution in [2.24, 2.45) is 0 Å². The van der Waals surface area contributed by atoms with E-state index in [2.05, 4.69) is 22.3 Å². The molecule has 0 unspecified atom stereocenters. The van der Waals surface area contributed by atoms with Gasteiger partial charge in [0.2, 0.25) is 5.78 Å². The van der Waals surface area contributed by atoms with E-state index in [4.69, 9.17) is 23.2 Å². The van der Waals surface area contributed by atoms with Crippen molar-refractivity contribution in [3.05, 3.63) is 75.2 Å². The summed E-state index contributed by atoms with van der Waals surface area (Å²) >= 11 is 12.3. The van der Waals surface area contributed by atoms with Gasteiger partial charge < -0.3 is 17.0 Å². The zero-order chi connectivity index (χ0) is 19.1. The summed E-state index contributed by atoms with van der Waals surface area (Å²) in [6, 6.07) is 11.6. The molecule has 0 atom stereocenters. The lowest BCUT2D eigenvalue weighted by Crippen LogP contribution is -3.00. The van der Waals surface area contributed by atoms with Crippen LogP contribution in [0.1, 0.15) is 33.7 Å². The number of imidazole rings is 1. The Labute approximate surface area is 185 Å². The number of hydrogen-bond acceptors (Lipinski definition) is 1. The number of nitrogens with zero attached hydrogens (tertiary/aromatic N) is 2. The van der Waals surface area contributed by atoms with Crippen LogP contribution in [0.15, 0.2) is 42.6 Å². The molecule has 0 spiro atoms. The van der Waals surface area contributed by atoms with Crippen LogP contribution in [0.4, 0.5) is 0 Å². The lowest BCUT2D eigenvalue weighted by Gasteiger charge is -2.04. The highest BCUT2D eigenvalue weighted by Crippen LogP contribution is 2.30. The van der Waals surface area contributed by atoms with Gasteiger partial charge in [0.05, 0.1) is 23.0 Å². The number of carbonyl (C=O) groups excluding carboxylic acids is 1. The molecule has 0 radical (unpaired) electrons. The van der Waals surface area contributed by atoms with Gasteiger partial charge in [0.15, 0.2) is 12.2 Å². The van der Waals surface area contributed by atoms with Crippen LogP contribution in [0.2, 0.25) is 10.0 Å². The van der Waals surface area contributed by atoms with Gasteiger partial charge in [-0.3, -0.25) is 4.79 Å². The highest BCUT2D eigenvalue weighted by atomic mass is 79.9. The maximum Gasteiger partial charge on any atom is 0.257 e. The van der Waals surface area contributed by atoms with E-state index >= 15 is 0 Å². The number of fused-ring (bicyclic) bond motifs is 1. The average Bonchev–Trinajstić information content (AvgIpc) is 3.24. The number of aryl methyl sites for hydroxylation is 2. The molecule has 0 bridgehead atoms. The Morgan fingerprint density at radius 1 is 1.07 bits per heavy atom. The first-order valence-corrected chi connectivity index (χ1v) is 9.87. The first kappa shape index (κ1) is 21.1. The summed E-state index contributed by atoms with van der Waals surface area (Å²) in [5.41, 5.74) is 5.20. The molecule has 0 N–H and O–H groups in total. The zero-order valence-corrected chi connectivity index (χ0v) is 18.9. The van der Waals surface area contributed by atoms with Crippen LogP contribution in [0, 0.1) is 13.8 Å². The minimum Gasteiger partial charge on any atom is -1.00 e. The van der Waals surface area contributed by atoms with Gasteiger partial charge in [0.1, 0.15) is 6.20 Å². The van der Waals surface area contributed by atoms with Crippen LogP contribution in [-0.2, 0) is 19.5 Å². The fourth-order valence-electron chi connectivity index (χ4n) is 3.69. The van der Waals surface area contributed by atoms with Crippen molar-refractivity contribution in [2.75, 3.05) is 0 Å². The van der Waals surface area contributed by atoms with Crippen molar-refractivity contribution < 1.29 is 26.3 Å². The normalized spacial score (nSPS) is 12.6. The molecule has 0 saturated carbocycles. The molecular formula is C22H21BrCl2N2O. The number of aromatic nitrogens is 2. The standard InChI is InChI=1S/C22H21Cl2N2O.BrH/c1-14-5-6-17(10-15(14)2)21(27)13-25-12-20(26-9-3-4-22(25)26)16-7-8-18(23)19(24)11-16;/h5-8,10-12H,3-4,9,13H2,1-2H3;1H/q+1;/p-1. The molecule has 0 amide bonds. The van der Waals surface area contributed by atoms with Gasteiger partial charge in [-0.15, -0.1) is 0 Å². The molecule has 28 heavy (non-hydrogen) atoms. The molecule has 4 rings (SSSR count). The largest absolute Gasteiger partial charge is 1.00 e. The molecule has 6 heteroatoms. The third-order valence-corrected chi connectivity index (χ3v) is 6.09. The summed E-state index contributed by atoms with van der Waals surface area (Å²) in [6.45, 7) is 5.40. The van der Waals surface area contributed by atoms with E-state index in [1.807, 2.05) is 43.3 Å². The lowest BCUT2D eigenvalue weighted by atomic mass is 10.0. The van der Waals surface area contributed by atoms with E-state index in [9.17, 15) is 4.79 Å². The number of halogens is 3. The van der Waals surface area contributed by atoms with Gasteiger partial charge in [-0.1, -0.05) is 35.3 Å². The Hall–Kier alpha value is -1.62. The molecule has 1 aliphatic heterocycles. The van der Waals surface area contributed by atoms with Crippen molar-refractivity contribution >= 4 is 29.0 Å². The highest BCUT2D eigenvalue weighted by molar-refractivity contribution is 6.42. The predicted molar refractivity (Wildman–Crippen MR) is 109 cm³/mol. The summed E-state index contributed by atoms with van der Waals surface area (Å²) in [5, 5.41) is 1.09. The SMILES string of the molecule is Cc1ccc(C(=O)C[n+]2cc(-c3ccc(Cl)c(Cl)c3)n3c2CCC3)cc1C.[Br-]. The van der Waals surface area contributed by atoms with Crippen molar-refractivity contribution in [3.63, 3.8) is 0 Å². The Kier molecular flexibility index (Phi) is 6.33. The smallest absolute Gasteiger partial charge is 0.257 e. The van der Waals surface area contributed by atoms with Gasteiger partial charge in [-0.05, 0) is 55.7 Å². The first-order chi connectivity index (χ1) is 12.9. The van der Waals surface area contributed by atoms with E-state index in [1.165, 1.54) is 11.4 Å². The van der Waals surface area contributed by atoms with Crippen LogP contribution < -0.4 is 21.5 Å². The lowest BCUT2D eigenvalue weighted by molar-refractivity contribution is -0.689. The van der Waals surface area contributed by atoms with E-state index in [-0.39, 0.29) is 22.8 Å². The molecule has 3 aromatic rings. The fraction of sp³-hybridized carbons (Fsp3) is 0.273. The predicted octanol–water partition coefficient (Wildman–Crippen LogP) is 2.20. The minimum absolute atomic E-state index is 0. The second-order valence-electron chi connectivity index (χ2n) is 7.16. The van der Waals surface area contributed by atoms with Crippen molar-refractivity contribution in [2.45, 2.75) is 39.8 Å². The molecule has 1 aliphatic rings. The second-order valence-corrected chi connectivity index (χ2v) is 7.98. The van der Waals surface area contributed by atoms with Crippen molar-refractivity contribution in [1.82, 2.24) is 4.57 Å². The fourth-order valence-corrected chi connectivity index (χ4v) is 3.99. The molecule has 2 heterocycles. The second kappa shape index (κ2) is 8.40. The number of rotatable bonds is 4. The van der Waals surface area contributed by atoms with Gasteiger partial charge in [-0.25, -0.2) is 9.13 Å². The van der Waals surface area contributed by atoms with Gasteiger partial charge >= 0.3 is 0 Å². The topological polar surface area (TPSA) is 25.9 Å². The number of hydrogen-bond donors (Lipinski definition) is 0. The summed E-state index contributed by atoms with van der Waals surface area (Å²) < 4.78 is 4.37. The number of Topliss-reactive ketones (excluding diaryl/α,β-unsaturated/α-hetero) is 1. The third kappa shape index (κ3) is 3.91. The van der Waals surface area contributed by atoms with Crippen LogP contribution in [-0.4, -0.2) is 10.4 Å². The first-order valence-electron chi connectivity index (χ1n) is 9.12. The summed E-state index contributed by atoms with van der Waals surface area (Å²) in [4.78, 5) is 12.9. The summed E-state index contributed by atoms with van der Waals surface area (Å²) in [6.07, 6.45) is 4.12. The van der Waals surface area contributed by atoms with Crippen molar-refractivity contribution in [3.8, 4) is 11.3 Å². The van der Waals surface area contributed by atoms with Crippen LogP contribution in [0.3, 0.4) is 0 Å². The van der Waals surface area contributed by atoms with Crippen molar-refractivity contribution in [1.29, 1.82) is 0 Å². The van der Waals surface area contributed by atoms with E-state index in [0.717, 1.165) is 41.8 Å². The molecule has 3 nitrogen and oxygen atoms in total. The third-order valence-electron chi connectivity index (χ3n) is 5.35. The minimum atomic E-state index is 0. The zero-order valence-electron chi connectivity index (χ0n) is 15.8. The molecule has 0 fully saturated rings. The highest BCUT2D eigenvalue weighted by Gasteiger charge is 2.30.